The van der Waals surface area contributed by atoms with Crippen molar-refractivity contribution in [3.8, 4) is 0 Å². The van der Waals surface area contributed by atoms with Crippen molar-refractivity contribution in [3.05, 3.63) is 46.9 Å². The number of amides is 1. The van der Waals surface area contributed by atoms with Gasteiger partial charge in [0.2, 0.25) is 0 Å². The van der Waals surface area contributed by atoms with Gasteiger partial charge in [0, 0.05) is 36.4 Å². The fourth-order valence-electron chi connectivity index (χ4n) is 8.80. The summed E-state index contributed by atoms with van der Waals surface area (Å²) in [7, 11) is 1.52. The molecule has 1 aliphatic heterocycles. The van der Waals surface area contributed by atoms with Crippen LogP contribution < -0.4 is 15.9 Å². The summed E-state index contributed by atoms with van der Waals surface area (Å²) in [5, 5.41) is 16.1. The summed E-state index contributed by atoms with van der Waals surface area (Å²) in [6, 6.07) is 2.59. The van der Waals surface area contributed by atoms with Gasteiger partial charge in [0.1, 0.15) is 17.5 Å². The Morgan fingerprint density at radius 3 is 2.61 bits per heavy atom. The molecule has 0 radical (unpaired) electrons. The van der Waals surface area contributed by atoms with Crippen LogP contribution in [0, 0.1) is 34.0 Å². The number of carbonyl (C=O) groups excluding carboxylic acids is 3. The molecule has 1 aromatic rings. The number of ketones is 1. The van der Waals surface area contributed by atoms with Crippen LogP contribution in [0.1, 0.15) is 83.0 Å². The van der Waals surface area contributed by atoms with Gasteiger partial charge in [-0.3, -0.25) is 14.4 Å². The first-order valence-corrected chi connectivity index (χ1v) is 15.1. The number of nitrogens with one attached hydrogen (secondary N) is 1. The molecule has 3 aliphatic carbocycles. The molecule has 4 aliphatic rings. The van der Waals surface area contributed by atoms with Crippen LogP contribution in [0.25, 0.3) is 0 Å². The molecule has 0 spiro atoms. The number of aliphatic hydroxyl groups excluding tert-OH is 1. The molecule has 9 nitrogen and oxygen atoms in total. The molecule has 224 valence electrons. The van der Waals surface area contributed by atoms with Gasteiger partial charge in [0.05, 0.1) is 12.1 Å². The Hall–Kier alpha value is -2.78. The van der Waals surface area contributed by atoms with E-state index in [9.17, 15) is 24.3 Å². The van der Waals surface area contributed by atoms with E-state index in [0.717, 1.165) is 30.5 Å². The number of ether oxygens (including phenoxy) is 1. The van der Waals surface area contributed by atoms with E-state index in [-0.39, 0.29) is 52.9 Å². The summed E-state index contributed by atoms with van der Waals surface area (Å²) in [4.78, 5) is 54.0. The SMILES string of the molecule is C=C[C@]1(C)C[C@@H](OC(=O)c2cccn(N(C)C(=O)C3CCCN3)c2=O)[C@@]2(C)C3C(=O)CC[C@@]3(CC[C@H]2C)[C@@H](C)[C@@H]1O. The fraction of sp³-hybridized carbons (Fsp3) is 0.688. The van der Waals surface area contributed by atoms with Crippen molar-refractivity contribution in [3.63, 3.8) is 0 Å². The molecule has 9 atom stereocenters. The first-order valence-electron chi connectivity index (χ1n) is 15.1. The third-order valence-electron chi connectivity index (χ3n) is 11.7. The van der Waals surface area contributed by atoms with E-state index in [1.165, 1.54) is 24.3 Å². The van der Waals surface area contributed by atoms with E-state index in [4.69, 9.17) is 4.74 Å². The van der Waals surface area contributed by atoms with Crippen molar-refractivity contribution in [1.29, 1.82) is 0 Å². The van der Waals surface area contributed by atoms with Crippen LogP contribution in [-0.2, 0) is 14.3 Å². The van der Waals surface area contributed by atoms with Crippen LogP contribution in [0.5, 0.6) is 0 Å². The van der Waals surface area contributed by atoms with Crippen LogP contribution >= 0.6 is 0 Å². The number of carbonyl (C=O) groups is 3. The molecule has 1 aromatic heterocycles. The van der Waals surface area contributed by atoms with Gasteiger partial charge in [-0.05, 0) is 74.5 Å². The highest BCUT2D eigenvalue weighted by Crippen LogP contribution is 2.68. The maximum Gasteiger partial charge on any atom is 0.344 e. The second kappa shape index (κ2) is 10.5. The molecule has 3 saturated carbocycles. The predicted octanol–water partition coefficient (Wildman–Crippen LogP) is 3.21. The van der Waals surface area contributed by atoms with Gasteiger partial charge in [0.15, 0.2) is 0 Å². The lowest BCUT2D eigenvalue weighted by atomic mass is 9.44. The largest absolute Gasteiger partial charge is 0.458 e. The van der Waals surface area contributed by atoms with Crippen molar-refractivity contribution < 1.29 is 24.2 Å². The van der Waals surface area contributed by atoms with Gasteiger partial charge in [-0.25, -0.2) is 14.5 Å². The molecular formula is C32H45N3O6. The van der Waals surface area contributed by atoms with Crippen molar-refractivity contribution in [2.24, 2.45) is 34.0 Å². The summed E-state index contributed by atoms with van der Waals surface area (Å²) in [6.07, 6.45) is 6.41. The molecule has 2 unspecified atom stereocenters. The zero-order valence-electron chi connectivity index (χ0n) is 25.0. The van der Waals surface area contributed by atoms with Crippen LogP contribution in [0.15, 0.2) is 35.8 Å². The highest BCUT2D eigenvalue weighted by atomic mass is 16.5. The Bertz CT molecular complexity index is 1300. The molecule has 1 amide bonds. The van der Waals surface area contributed by atoms with Crippen LogP contribution in [0.2, 0.25) is 0 Å². The first kappa shape index (κ1) is 29.7. The molecule has 0 aromatic carbocycles. The molecule has 1 saturated heterocycles. The van der Waals surface area contributed by atoms with Gasteiger partial charge < -0.3 is 15.2 Å². The maximum absolute atomic E-state index is 13.8. The minimum Gasteiger partial charge on any atom is -0.458 e. The highest BCUT2D eigenvalue weighted by molar-refractivity contribution is 5.92. The summed E-state index contributed by atoms with van der Waals surface area (Å²) in [6.45, 7) is 13.0. The normalized spacial score (nSPS) is 40.3. The smallest absolute Gasteiger partial charge is 0.344 e. The number of rotatable bonds is 5. The van der Waals surface area contributed by atoms with Crippen molar-refractivity contribution >= 4 is 17.7 Å². The molecule has 2 bridgehead atoms. The highest BCUT2D eigenvalue weighted by Gasteiger charge is 2.68. The zero-order chi connectivity index (χ0) is 29.9. The Labute approximate surface area is 242 Å². The van der Waals surface area contributed by atoms with E-state index in [0.29, 0.717) is 19.3 Å². The fourth-order valence-corrected chi connectivity index (χ4v) is 8.80. The summed E-state index contributed by atoms with van der Waals surface area (Å²) >= 11 is 0. The number of nitrogens with zero attached hydrogens (tertiary/aromatic N) is 2. The number of pyridine rings is 1. The monoisotopic (exact) mass is 567 g/mol. The van der Waals surface area contributed by atoms with Crippen LogP contribution in [0.3, 0.4) is 0 Å². The quantitative estimate of drug-likeness (QED) is 0.414. The van der Waals surface area contributed by atoms with E-state index in [1.807, 2.05) is 6.92 Å². The predicted molar refractivity (Wildman–Crippen MR) is 155 cm³/mol. The van der Waals surface area contributed by atoms with E-state index in [1.54, 1.807) is 12.1 Å². The molecule has 41 heavy (non-hydrogen) atoms. The summed E-state index contributed by atoms with van der Waals surface area (Å²) in [5.41, 5.74) is -2.67. The average molecular weight is 568 g/mol. The molecule has 2 N–H and O–H groups in total. The van der Waals surface area contributed by atoms with Crippen molar-refractivity contribution in [1.82, 2.24) is 9.99 Å². The molecule has 9 heteroatoms. The van der Waals surface area contributed by atoms with E-state index in [2.05, 4.69) is 32.7 Å². The maximum atomic E-state index is 13.8. The first-order chi connectivity index (χ1) is 19.3. The third-order valence-corrected chi connectivity index (χ3v) is 11.7. The molecule has 2 heterocycles. The van der Waals surface area contributed by atoms with Gasteiger partial charge in [0.25, 0.3) is 11.5 Å². The lowest BCUT2D eigenvalue weighted by molar-refractivity contribution is -0.192. The lowest BCUT2D eigenvalue weighted by Gasteiger charge is -2.61. The minimum absolute atomic E-state index is 0.0760. The van der Waals surface area contributed by atoms with Crippen LogP contribution in [0.4, 0.5) is 0 Å². The molecule has 5 rings (SSSR count). The summed E-state index contributed by atoms with van der Waals surface area (Å²) in [5.74, 6) is -1.28. The van der Waals surface area contributed by atoms with Crippen molar-refractivity contribution in [2.45, 2.75) is 90.9 Å². The number of hydrogen-bond donors (Lipinski definition) is 2. The van der Waals surface area contributed by atoms with Gasteiger partial charge >= 0.3 is 5.97 Å². The van der Waals surface area contributed by atoms with Gasteiger partial charge in [-0.2, -0.15) is 0 Å². The second-order valence-electron chi connectivity index (χ2n) is 13.6. The minimum atomic E-state index is -0.793. The molecule has 4 fully saturated rings. The van der Waals surface area contributed by atoms with Crippen LogP contribution in [-0.4, -0.2) is 59.3 Å². The topological polar surface area (TPSA) is 118 Å². The Morgan fingerprint density at radius 1 is 1.22 bits per heavy atom. The number of hydrogen-bond acceptors (Lipinski definition) is 7. The van der Waals surface area contributed by atoms with E-state index < -0.39 is 34.6 Å². The van der Waals surface area contributed by atoms with Gasteiger partial charge in [-0.15, -0.1) is 6.58 Å². The van der Waals surface area contributed by atoms with E-state index >= 15 is 0 Å². The third kappa shape index (κ3) is 4.42. The number of aliphatic hydroxyl groups is 1. The Morgan fingerprint density at radius 2 is 1.95 bits per heavy atom. The standard InChI is InChI=1S/C32H45N3O6/c1-7-30(4)18-24(31(5)19(2)12-14-32(20(3)26(30)37)15-13-23(36)25(31)32)41-29(40)21-10-9-17-35(27(21)38)34(6)28(39)22-11-8-16-33-22/h7,9-10,17,19-20,22,24-26,33,37H,1,8,11-16,18H2,2-6H3/t19-,20+,22?,24-,25?,26+,30-,31+,32+/m1/s1. The summed E-state index contributed by atoms with van der Waals surface area (Å²) < 4.78 is 7.45. The second-order valence-corrected chi connectivity index (χ2v) is 13.6. The Balaban J connectivity index is 1.53. The average Bonchev–Trinajstić information content (AvgIpc) is 3.62. The zero-order valence-corrected chi connectivity index (χ0v) is 25.0. The lowest BCUT2D eigenvalue weighted by Crippen LogP contribution is -2.63. The number of aromatic nitrogens is 1. The molecular weight excluding hydrogens is 522 g/mol. The number of likely N-dealkylation sites (N-methyl/N-ethyl adjacent to an activating group) is 1. The Kier molecular flexibility index (Phi) is 7.60. The number of esters is 1. The van der Waals surface area contributed by atoms with Gasteiger partial charge in [-0.1, -0.05) is 33.8 Å². The van der Waals surface area contributed by atoms with Crippen molar-refractivity contribution in [2.75, 3.05) is 18.6 Å². The number of Topliss-reactive ketones (excluding diaryl/α,β-unsaturated/α-hetero) is 1.